The summed E-state index contributed by atoms with van der Waals surface area (Å²) in [6, 6.07) is 5.49. The summed E-state index contributed by atoms with van der Waals surface area (Å²) in [4.78, 5) is 9.95. The van der Waals surface area contributed by atoms with Crippen LogP contribution in [0.1, 0.15) is 0 Å². The maximum atomic E-state index is 11.2. The molecule has 1 N–H and O–H groups in total. The Morgan fingerprint density at radius 1 is 1.23 bits per heavy atom. The van der Waals surface area contributed by atoms with E-state index in [-0.39, 0.29) is 11.3 Å². The first-order chi connectivity index (χ1) is 6.06. The van der Waals surface area contributed by atoms with Gasteiger partial charge < -0.3 is 0 Å². The lowest BCUT2D eigenvalue weighted by atomic mass is 10.4. The van der Waals surface area contributed by atoms with E-state index in [1.54, 1.807) is 4.72 Å². The van der Waals surface area contributed by atoms with Crippen molar-refractivity contribution in [3.63, 3.8) is 0 Å². The maximum absolute atomic E-state index is 11.2. The molecule has 0 spiro atoms. The van der Waals surface area contributed by atoms with Crippen molar-refractivity contribution in [1.29, 1.82) is 0 Å². The second-order valence-corrected chi connectivity index (χ2v) is 4.34. The molecule has 0 bridgehead atoms. The number of sulfonamides is 1. The van der Waals surface area contributed by atoms with E-state index in [1.165, 1.54) is 24.3 Å². The minimum atomic E-state index is -3.70. The Kier molecular flexibility index (Phi) is 2.90. The quantitative estimate of drug-likeness (QED) is 0.764. The lowest BCUT2D eigenvalue weighted by molar-refractivity contribution is -0.108. The van der Waals surface area contributed by atoms with Gasteiger partial charge in [-0.2, -0.15) is 0 Å². The van der Waals surface area contributed by atoms with E-state index in [1.807, 2.05) is 0 Å². The Morgan fingerprint density at radius 3 is 2.23 bits per heavy atom. The van der Waals surface area contributed by atoms with Crippen LogP contribution in [0.15, 0.2) is 29.2 Å². The van der Waals surface area contributed by atoms with Gasteiger partial charge in [-0.25, -0.2) is 8.42 Å². The zero-order chi connectivity index (χ0) is 9.90. The van der Waals surface area contributed by atoms with Crippen LogP contribution in [0.5, 0.6) is 0 Å². The fraction of sp³-hybridized carbons (Fsp3) is 0. The minimum absolute atomic E-state index is 0.00370. The number of nitrogens with one attached hydrogen (secondary N) is 1. The van der Waals surface area contributed by atoms with Gasteiger partial charge in [0.15, 0.2) is 0 Å². The first-order valence-corrected chi connectivity index (χ1v) is 5.14. The molecule has 0 aliphatic carbocycles. The summed E-state index contributed by atoms with van der Waals surface area (Å²) in [5.41, 5.74) is 0. The molecule has 0 aliphatic heterocycles. The summed E-state index contributed by atoms with van der Waals surface area (Å²) in [7, 11) is -3.70. The molecule has 6 heteroatoms. The van der Waals surface area contributed by atoms with Crippen molar-refractivity contribution >= 4 is 28.0 Å². The largest absolute Gasteiger partial charge is 0.278 e. The van der Waals surface area contributed by atoms with Crippen molar-refractivity contribution in [2.24, 2.45) is 0 Å². The Balaban J connectivity index is 3.08. The van der Waals surface area contributed by atoms with Gasteiger partial charge in [-0.3, -0.25) is 9.52 Å². The minimum Gasteiger partial charge on any atom is -0.278 e. The third-order valence-corrected chi connectivity index (χ3v) is 2.88. The van der Waals surface area contributed by atoms with Gasteiger partial charge in [0.1, 0.15) is 0 Å². The molecule has 0 aliphatic rings. The number of amides is 1. The van der Waals surface area contributed by atoms with Crippen molar-refractivity contribution in [2.75, 3.05) is 0 Å². The summed E-state index contributed by atoms with van der Waals surface area (Å²) >= 11 is 5.55. The SMILES string of the molecule is O=CNS(=O)(=O)c1ccc(Cl)cc1. The molecule has 70 valence electrons. The van der Waals surface area contributed by atoms with E-state index in [2.05, 4.69) is 0 Å². The van der Waals surface area contributed by atoms with Crippen LogP contribution >= 0.6 is 11.6 Å². The molecule has 0 atom stereocenters. The highest BCUT2D eigenvalue weighted by molar-refractivity contribution is 7.90. The van der Waals surface area contributed by atoms with Crippen LogP contribution < -0.4 is 4.72 Å². The van der Waals surface area contributed by atoms with Crippen LogP contribution in [-0.2, 0) is 14.8 Å². The molecule has 0 radical (unpaired) electrons. The van der Waals surface area contributed by atoms with Crippen LogP contribution in [0.2, 0.25) is 5.02 Å². The Morgan fingerprint density at radius 2 is 1.77 bits per heavy atom. The third-order valence-electron chi connectivity index (χ3n) is 1.33. The molecular formula is C7H6ClNO3S. The fourth-order valence-corrected chi connectivity index (χ4v) is 1.63. The molecule has 0 heterocycles. The van der Waals surface area contributed by atoms with E-state index < -0.39 is 10.0 Å². The summed E-state index contributed by atoms with van der Waals surface area (Å²) in [5.74, 6) is 0. The van der Waals surface area contributed by atoms with E-state index >= 15 is 0 Å². The fourth-order valence-electron chi connectivity index (χ4n) is 0.745. The monoisotopic (exact) mass is 219 g/mol. The van der Waals surface area contributed by atoms with Gasteiger partial charge in [0.2, 0.25) is 6.41 Å². The molecular weight excluding hydrogens is 214 g/mol. The van der Waals surface area contributed by atoms with Crippen molar-refractivity contribution in [1.82, 2.24) is 4.72 Å². The van der Waals surface area contributed by atoms with Crippen LogP contribution in [0.25, 0.3) is 0 Å². The van der Waals surface area contributed by atoms with Gasteiger partial charge in [0.05, 0.1) is 4.90 Å². The number of benzene rings is 1. The number of hydrogen-bond acceptors (Lipinski definition) is 3. The predicted molar refractivity (Wildman–Crippen MR) is 47.8 cm³/mol. The standard InChI is InChI=1S/C7H6ClNO3S/c8-6-1-3-7(4-2-6)13(11,12)9-5-10/h1-5H,(H,9,10). The van der Waals surface area contributed by atoms with Crippen molar-refractivity contribution < 1.29 is 13.2 Å². The van der Waals surface area contributed by atoms with Gasteiger partial charge >= 0.3 is 0 Å². The molecule has 13 heavy (non-hydrogen) atoms. The van der Waals surface area contributed by atoms with Crippen LogP contribution in [0.3, 0.4) is 0 Å². The molecule has 1 aromatic carbocycles. The highest BCUT2D eigenvalue weighted by Gasteiger charge is 2.11. The summed E-state index contributed by atoms with van der Waals surface area (Å²) in [6.07, 6.45) is 0.115. The van der Waals surface area contributed by atoms with Crippen molar-refractivity contribution in [3.8, 4) is 0 Å². The molecule has 0 aromatic heterocycles. The summed E-state index contributed by atoms with van der Waals surface area (Å²) in [5, 5.41) is 0.435. The summed E-state index contributed by atoms with van der Waals surface area (Å²) < 4.78 is 24.0. The molecule has 1 aromatic rings. The number of carbonyl (C=O) groups excluding carboxylic acids is 1. The first kappa shape index (κ1) is 10.0. The average molecular weight is 220 g/mol. The molecule has 0 unspecified atom stereocenters. The number of rotatable bonds is 3. The van der Waals surface area contributed by atoms with Crippen LogP contribution in [0.4, 0.5) is 0 Å². The topological polar surface area (TPSA) is 63.2 Å². The van der Waals surface area contributed by atoms with E-state index in [9.17, 15) is 13.2 Å². The van der Waals surface area contributed by atoms with Gasteiger partial charge in [-0.05, 0) is 24.3 Å². The van der Waals surface area contributed by atoms with Crippen molar-refractivity contribution in [2.45, 2.75) is 4.90 Å². The normalized spacial score (nSPS) is 10.8. The second kappa shape index (κ2) is 3.76. The van der Waals surface area contributed by atoms with Gasteiger partial charge in [-0.1, -0.05) is 11.6 Å². The van der Waals surface area contributed by atoms with E-state index in [0.717, 1.165) is 0 Å². The smallest absolute Gasteiger partial charge is 0.263 e. The molecule has 0 fully saturated rings. The Hall–Kier alpha value is -1.07. The van der Waals surface area contributed by atoms with Crippen LogP contribution in [-0.4, -0.2) is 14.8 Å². The van der Waals surface area contributed by atoms with Gasteiger partial charge in [-0.15, -0.1) is 0 Å². The van der Waals surface area contributed by atoms with E-state index in [0.29, 0.717) is 5.02 Å². The highest BCUT2D eigenvalue weighted by Crippen LogP contribution is 2.13. The lowest BCUT2D eigenvalue weighted by Gasteiger charge is -2.00. The highest BCUT2D eigenvalue weighted by atomic mass is 35.5. The van der Waals surface area contributed by atoms with Gasteiger partial charge in [0.25, 0.3) is 10.0 Å². The molecule has 1 rings (SSSR count). The molecule has 4 nitrogen and oxygen atoms in total. The maximum Gasteiger partial charge on any atom is 0.263 e. The molecule has 0 saturated carbocycles. The third kappa shape index (κ3) is 2.43. The number of hydrogen-bond donors (Lipinski definition) is 1. The molecule has 0 saturated heterocycles. The Labute approximate surface area is 80.6 Å². The summed E-state index contributed by atoms with van der Waals surface area (Å²) in [6.45, 7) is 0. The van der Waals surface area contributed by atoms with Crippen molar-refractivity contribution in [3.05, 3.63) is 29.3 Å². The zero-order valence-electron chi connectivity index (χ0n) is 6.40. The second-order valence-electron chi connectivity index (χ2n) is 2.19. The predicted octanol–water partition coefficient (Wildman–Crippen LogP) is 0.775. The number of carbonyl (C=O) groups is 1. The van der Waals surface area contributed by atoms with Crippen LogP contribution in [0, 0.1) is 0 Å². The number of halogens is 1. The average Bonchev–Trinajstić information content (AvgIpc) is 2.05. The molecule has 1 amide bonds. The van der Waals surface area contributed by atoms with E-state index in [4.69, 9.17) is 11.6 Å². The van der Waals surface area contributed by atoms with Gasteiger partial charge in [0, 0.05) is 5.02 Å². The lowest BCUT2D eigenvalue weighted by Crippen LogP contribution is -2.21. The zero-order valence-corrected chi connectivity index (χ0v) is 7.97. The first-order valence-electron chi connectivity index (χ1n) is 3.28. The Bertz CT molecular complexity index is 398.